The number of amides is 1. The molecule has 1 atom stereocenters. The highest BCUT2D eigenvalue weighted by Crippen LogP contribution is 2.24. The van der Waals surface area contributed by atoms with Gasteiger partial charge in [0.05, 0.1) is 11.7 Å². The van der Waals surface area contributed by atoms with Crippen molar-refractivity contribution in [2.75, 3.05) is 5.88 Å². The first-order valence-electron chi connectivity index (χ1n) is 8.26. The van der Waals surface area contributed by atoms with Gasteiger partial charge in [0.1, 0.15) is 5.69 Å². The predicted octanol–water partition coefficient (Wildman–Crippen LogP) is 3.99. The molecule has 1 heterocycles. The van der Waals surface area contributed by atoms with E-state index in [9.17, 15) is 4.79 Å². The first-order chi connectivity index (χ1) is 11.3. The van der Waals surface area contributed by atoms with Crippen LogP contribution in [0.2, 0.25) is 0 Å². The standard InChI is InChI=1S/C19H26ClN3O/c1-6-15-11-17(23(5)22-15)18(24)21-16(12-20)13-7-9-14(10-8-13)19(2,3)4/h7-11,16H,6,12H2,1-5H3,(H,21,24). The Balaban J connectivity index is 2.16. The molecular weight excluding hydrogens is 322 g/mol. The molecule has 0 aliphatic carbocycles. The van der Waals surface area contributed by atoms with Crippen LogP contribution in [-0.4, -0.2) is 21.6 Å². The van der Waals surface area contributed by atoms with E-state index in [1.165, 1.54) is 5.56 Å². The molecule has 0 aliphatic rings. The fourth-order valence-electron chi connectivity index (χ4n) is 2.57. The highest BCUT2D eigenvalue weighted by atomic mass is 35.5. The summed E-state index contributed by atoms with van der Waals surface area (Å²) in [4.78, 5) is 12.5. The van der Waals surface area contributed by atoms with Crippen LogP contribution in [0.4, 0.5) is 0 Å². The number of benzene rings is 1. The van der Waals surface area contributed by atoms with Gasteiger partial charge in [-0.15, -0.1) is 11.6 Å². The second kappa shape index (κ2) is 7.39. The van der Waals surface area contributed by atoms with Crippen molar-refractivity contribution in [3.8, 4) is 0 Å². The van der Waals surface area contributed by atoms with Crippen LogP contribution >= 0.6 is 11.6 Å². The van der Waals surface area contributed by atoms with Gasteiger partial charge < -0.3 is 5.32 Å². The Bertz CT molecular complexity index is 698. The summed E-state index contributed by atoms with van der Waals surface area (Å²) in [5.41, 5.74) is 3.81. The molecule has 1 aromatic heterocycles. The molecule has 1 aromatic carbocycles. The fourth-order valence-corrected chi connectivity index (χ4v) is 2.83. The van der Waals surface area contributed by atoms with Gasteiger partial charge in [-0.3, -0.25) is 9.48 Å². The molecule has 0 fully saturated rings. The molecule has 0 aliphatic heterocycles. The maximum absolute atomic E-state index is 12.5. The van der Waals surface area contributed by atoms with E-state index in [0.717, 1.165) is 17.7 Å². The Morgan fingerprint density at radius 1 is 1.29 bits per heavy atom. The minimum absolute atomic E-state index is 0.101. The van der Waals surface area contributed by atoms with Gasteiger partial charge in [0, 0.05) is 12.9 Å². The van der Waals surface area contributed by atoms with Crippen LogP contribution < -0.4 is 5.32 Å². The minimum atomic E-state index is -0.229. The van der Waals surface area contributed by atoms with Crippen molar-refractivity contribution in [2.24, 2.45) is 7.05 Å². The smallest absolute Gasteiger partial charge is 0.270 e. The number of hydrogen-bond donors (Lipinski definition) is 1. The molecule has 0 saturated heterocycles. The molecule has 4 nitrogen and oxygen atoms in total. The van der Waals surface area contributed by atoms with Crippen molar-refractivity contribution in [1.29, 1.82) is 0 Å². The molecule has 24 heavy (non-hydrogen) atoms. The molecule has 1 amide bonds. The van der Waals surface area contributed by atoms with E-state index in [2.05, 4.69) is 43.3 Å². The minimum Gasteiger partial charge on any atom is -0.343 e. The Morgan fingerprint density at radius 3 is 2.38 bits per heavy atom. The van der Waals surface area contributed by atoms with E-state index in [-0.39, 0.29) is 17.4 Å². The van der Waals surface area contributed by atoms with Crippen LogP contribution in [0.25, 0.3) is 0 Å². The lowest BCUT2D eigenvalue weighted by Gasteiger charge is -2.21. The molecule has 0 bridgehead atoms. The second-order valence-corrected chi connectivity index (χ2v) is 7.36. The van der Waals surface area contributed by atoms with Crippen molar-refractivity contribution in [3.05, 3.63) is 52.8 Å². The Labute approximate surface area is 149 Å². The zero-order chi connectivity index (χ0) is 17.9. The normalized spacial score (nSPS) is 12.9. The number of aromatic nitrogens is 2. The van der Waals surface area contributed by atoms with Gasteiger partial charge in [-0.05, 0) is 29.0 Å². The van der Waals surface area contributed by atoms with E-state index in [1.54, 1.807) is 11.7 Å². The average molecular weight is 348 g/mol. The molecule has 0 saturated carbocycles. The SMILES string of the molecule is CCc1cc(C(=O)NC(CCl)c2ccc(C(C)(C)C)cc2)n(C)n1. The van der Waals surface area contributed by atoms with Gasteiger partial charge in [0.15, 0.2) is 0 Å². The molecule has 2 rings (SSSR count). The number of halogens is 1. The van der Waals surface area contributed by atoms with Crippen molar-refractivity contribution in [3.63, 3.8) is 0 Å². The highest BCUT2D eigenvalue weighted by Gasteiger charge is 2.19. The molecule has 5 heteroatoms. The summed E-state index contributed by atoms with van der Waals surface area (Å²) in [6.07, 6.45) is 0.800. The van der Waals surface area contributed by atoms with Gasteiger partial charge in [-0.1, -0.05) is 52.0 Å². The summed E-state index contributed by atoms with van der Waals surface area (Å²) < 4.78 is 1.61. The van der Waals surface area contributed by atoms with Crippen molar-refractivity contribution in [1.82, 2.24) is 15.1 Å². The predicted molar refractivity (Wildman–Crippen MR) is 98.7 cm³/mol. The van der Waals surface area contributed by atoms with Crippen molar-refractivity contribution < 1.29 is 4.79 Å². The van der Waals surface area contributed by atoms with Crippen molar-refractivity contribution in [2.45, 2.75) is 45.6 Å². The Morgan fingerprint density at radius 2 is 1.92 bits per heavy atom. The average Bonchev–Trinajstić information content (AvgIpc) is 2.93. The third-order valence-corrected chi connectivity index (χ3v) is 4.47. The summed E-state index contributed by atoms with van der Waals surface area (Å²) in [5.74, 6) is 0.161. The number of carbonyl (C=O) groups excluding carboxylic acids is 1. The van der Waals surface area contributed by atoms with Gasteiger partial charge in [-0.2, -0.15) is 5.10 Å². The van der Waals surface area contributed by atoms with E-state index in [1.807, 2.05) is 25.1 Å². The summed E-state index contributed by atoms with van der Waals surface area (Å²) in [7, 11) is 1.78. The molecule has 2 aromatic rings. The zero-order valence-electron chi connectivity index (χ0n) is 15.1. The van der Waals surface area contributed by atoms with Gasteiger partial charge in [0.25, 0.3) is 5.91 Å². The number of nitrogens with one attached hydrogen (secondary N) is 1. The number of alkyl halides is 1. The molecular formula is C19H26ClN3O. The quantitative estimate of drug-likeness (QED) is 0.831. The van der Waals surface area contributed by atoms with Crippen LogP contribution in [0.5, 0.6) is 0 Å². The van der Waals surface area contributed by atoms with E-state index in [0.29, 0.717) is 11.6 Å². The third kappa shape index (κ3) is 4.18. The number of aryl methyl sites for hydroxylation is 2. The van der Waals surface area contributed by atoms with Gasteiger partial charge in [0.2, 0.25) is 0 Å². The maximum Gasteiger partial charge on any atom is 0.270 e. The fraction of sp³-hybridized carbons (Fsp3) is 0.474. The van der Waals surface area contributed by atoms with E-state index < -0.39 is 0 Å². The largest absolute Gasteiger partial charge is 0.343 e. The Kier molecular flexibility index (Phi) is 5.70. The summed E-state index contributed by atoms with van der Waals surface area (Å²) in [6, 6.07) is 9.86. The van der Waals surface area contributed by atoms with Crippen LogP contribution in [0.1, 0.15) is 61.0 Å². The first-order valence-corrected chi connectivity index (χ1v) is 8.80. The number of carbonyl (C=O) groups is 1. The summed E-state index contributed by atoms with van der Waals surface area (Å²) in [5, 5.41) is 7.32. The van der Waals surface area contributed by atoms with Crippen LogP contribution in [0.15, 0.2) is 30.3 Å². The van der Waals surface area contributed by atoms with Gasteiger partial charge >= 0.3 is 0 Å². The number of nitrogens with zero attached hydrogens (tertiary/aromatic N) is 2. The summed E-state index contributed by atoms with van der Waals surface area (Å²) >= 11 is 6.10. The zero-order valence-corrected chi connectivity index (χ0v) is 15.8. The monoisotopic (exact) mass is 347 g/mol. The molecule has 0 spiro atoms. The number of rotatable bonds is 5. The topological polar surface area (TPSA) is 46.9 Å². The van der Waals surface area contributed by atoms with Crippen LogP contribution in [0.3, 0.4) is 0 Å². The third-order valence-electron chi connectivity index (χ3n) is 4.16. The first kappa shape index (κ1) is 18.5. The van der Waals surface area contributed by atoms with Crippen molar-refractivity contribution >= 4 is 17.5 Å². The molecule has 0 radical (unpaired) electrons. The summed E-state index contributed by atoms with van der Waals surface area (Å²) in [6.45, 7) is 8.55. The van der Waals surface area contributed by atoms with Gasteiger partial charge in [-0.25, -0.2) is 0 Å². The Hall–Kier alpha value is -1.81. The number of hydrogen-bond acceptors (Lipinski definition) is 2. The maximum atomic E-state index is 12.5. The molecule has 1 unspecified atom stereocenters. The van der Waals surface area contributed by atoms with E-state index in [4.69, 9.17) is 11.6 Å². The van der Waals surface area contributed by atoms with E-state index >= 15 is 0 Å². The lowest BCUT2D eigenvalue weighted by molar-refractivity contribution is 0.0931. The lowest BCUT2D eigenvalue weighted by atomic mass is 9.86. The molecule has 130 valence electrons. The molecule has 1 N–H and O–H groups in total. The van der Waals surface area contributed by atoms with Crippen LogP contribution in [-0.2, 0) is 18.9 Å². The second-order valence-electron chi connectivity index (χ2n) is 7.05. The lowest BCUT2D eigenvalue weighted by Crippen LogP contribution is -2.31. The highest BCUT2D eigenvalue weighted by molar-refractivity contribution is 6.18. The van der Waals surface area contributed by atoms with Crippen LogP contribution in [0, 0.1) is 0 Å².